The molecule has 1 heterocycles. The molecule has 1 amide bonds. The summed E-state index contributed by atoms with van der Waals surface area (Å²) in [4.78, 5) is 17.4. The van der Waals surface area contributed by atoms with Crippen LogP contribution in [0.25, 0.3) is 22.4 Å². The minimum absolute atomic E-state index is 0.165. The van der Waals surface area contributed by atoms with Gasteiger partial charge in [0.2, 0.25) is 5.91 Å². The predicted molar refractivity (Wildman–Crippen MR) is 148 cm³/mol. The van der Waals surface area contributed by atoms with Crippen LogP contribution in [0.2, 0.25) is 5.02 Å². The highest BCUT2D eigenvalue weighted by molar-refractivity contribution is 7.99. The number of ether oxygens (including phenoxy) is 2. The summed E-state index contributed by atoms with van der Waals surface area (Å²) in [5.41, 5.74) is 4.41. The number of benzene rings is 3. The number of thioether (sulfide) groups is 1. The van der Waals surface area contributed by atoms with Crippen molar-refractivity contribution >= 4 is 35.0 Å². The van der Waals surface area contributed by atoms with E-state index < -0.39 is 0 Å². The number of aromatic nitrogens is 1. The average molecular weight is 530 g/mol. The van der Waals surface area contributed by atoms with Gasteiger partial charge in [-0.2, -0.15) is 5.26 Å². The number of hydrogen-bond acceptors (Lipinski definition) is 6. The van der Waals surface area contributed by atoms with E-state index in [0.717, 1.165) is 28.1 Å². The van der Waals surface area contributed by atoms with Crippen LogP contribution in [-0.2, 0) is 4.79 Å². The summed E-state index contributed by atoms with van der Waals surface area (Å²) < 4.78 is 10.4. The quantitative estimate of drug-likeness (QED) is 0.233. The molecule has 0 aliphatic rings. The van der Waals surface area contributed by atoms with Crippen molar-refractivity contribution in [3.63, 3.8) is 0 Å². The van der Waals surface area contributed by atoms with E-state index in [9.17, 15) is 10.1 Å². The number of nitriles is 1. The van der Waals surface area contributed by atoms with Crippen molar-refractivity contribution in [1.82, 2.24) is 4.98 Å². The number of rotatable bonds is 9. The summed E-state index contributed by atoms with van der Waals surface area (Å²) in [7, 11) is 3.15. The summed E-state index contributed by atoms with van der Waals surface area (Å²) in [5.74, 6) is 1.55. The van der Waals surface area contributed by atoms with Crippen LogP contribution in [0.15, 0.2) is 83.9 Å². The monoisotopic (exact) mass is 529 g/mol. The minimum atomic E-state index is -0.165. The van der Waals surface area contributed by atoms with E-state index in [-0.39, 0.29) is 12.3 Å². The van der Waals surface area contributed by atoms with Crippen LogP contribution in [0.1, 0.15) is 12.0 Å². The zero-order valence-electron chi connectivity index (χ0n) is 20.3. The predicted octanol–water partition coefficient (Wildman–Crippen LogP) is 7.08. The highest BCUT2D eigenvalue weighted by atomic mass is 35.5. The molecule has 0 aliphatic carbocycles. The SMILES string of the molecule is COc1ccc(-c2cc(-c3ccccc3)nc(SCCC(=O)Nc3ccc(OC)c(Cl)c3)c2C#N)cc1. The first-order valence-electron chi connectivity index (χ1n) is 11.4. The second-order valence-electron chi connectivity index (χ2n) is 7.94. The number of nitrogens with one attached hydrogen (secondary N) is 1. The fraction of sp³-hybridized carbons (Fsp3) is 0.138. The fourth-order valence-electron chi connectivity index (χ4n) is 3.70. The van der Waals surface area contributed by atoms with Crippen LogP contribution in [-0.4, -0.2) is 30.9 Å². The van der Waals surface area contributed by atoms with Crippen LogP contribution >= 0.6 is 23.4 Å². The topological polar surface area (TPSA) is 84.2 Å². The number of amides is 1. The number of halogens is 1. The molecule has 0 spiro atoms. The zero-order valence-corrected chi connectivity index (χ0v) is 21.9. The Morgan fingerprint density at radius 1 is 1.00 bits per heavy atom. The Morgan fingerprint density at radius 2 is 1.76 bits per heavy atom. The molecule has 8 heteroatoms. The normalized spacial score (nSPS) is 10.4. The summed E-state index contributed by atoms with van der Waals surface area (Å²) in [6.07, 6.45) is 0.230. The molecule has 3 aromatic carbocycles. The maximum absolute atomic E-state index is 12.6. The van der Waals surface area contributed by atoms with E-state index in [2.05, 4.69) is 11.4 Å². The van der Waals surface area contributed by atoms with Gasteiger partial charge in [-0.1, -0.05) is 54.1 Å². The third kappa shape index (κ3) is 6.42. The van der Waals surface area contributed by atoms with Gasteiger partial charge in [-0.05, 0) is 42.0 Å². The first kappa shape index (κ1) is 26.1. The molecule has 0 aliphatic heterocycles. The highest BCUT2D eigenvalue weighted by Gasteiger charge is 2.17. The number of pyridine rings is 1. The van der Waals surface area contributed by atoms with Crippen molar-refractivity contribution in [3.8, 4) is 40.0 Å². The third-order valence-corrected chi connectivity index (χ3v) is 6.84. The van der Waals surface area contributed by atoms with Gasteiger partial charge in [0, 0.05) is 29.0 Å². The molecule has 1 aromatic heterocycles. The van der Waals surface area contributed by atoms with E-state index in [0.29, 0.717) is 32.8 Å². The van der Waals surface area contributed by atoms with Crippen LogP contribution in [0.5, 0.6) is 11.5 Å². The Bertz CT molecular complexity index is 1440. The smallest absolute Gasteiger partial charge is 0.225 e. The first-order valence-corrected chi connectivity index (χ1v) is 12.8. The van der Waals surface area contributed by atoms with Gasteiger partial charge in [0.05, 0.1) is 30.5 Å². The molecule has 0 fully saturated rings. The Kier molecular flexibility index (Phi) is 8.68. The van der Waals surface area contributed by atoms with Crippen molar-refractivity contribution in [3.05, 3.63) is 89.4 Å². The molecule has 0 saturated carbocycles. The molecule has 0 saturated heterocycles. The van der Waals surface area contributed by atoms with Crippen LogP contribution in [0.4, 0.5) is 5.69 Å². The lowest BCUT2D eigenvalue weighted by molar-refractivity contribution is -0.115. The lowest BCUT2D eigenvalue weighted by Gasteiger charge is -2.13. The Balaban J connectivity index is 1.57. The molecule has 1 N–H and O–H groups in total. The van der Waals surface area contributed by atoms with Gasteiger partial charge in [0.15, 0.2) is 0 Å². The number of carbonyl (C=O) groups is 1. The van der Waals surface area contributed by atoms with Crippen LogP contribution in [0.3, 0.4) is 0 Å². The summed E-state index contributed by atoms with van der Waals surface area (Å²) in [6, 6.07) is 26.7. The third-order valence-electron chi connectivity index (χ3n) is 5.57. The molecule has 186 valence electrons. The van der Waals surface area contributed by atoms with E-state index in [4.69, 9.17) is 26.1 Å². The largest absolute Gasteiger partial charge is 0.497 e. The van der Waals surface area contributed by atoms with E-state index >= 15 is 0 Å². The summed E-state index contributed by atoms with van der Waals surface area (Å²) in [5, 5.41) is 13.9. The van der Waals surface area contributed by atoms with Crippen molar-refractivity contribution in [1.29, 1.82) is 5.26 Å². The average Bonchev–Trinajstić information content (AvgIpc) is 2.93. The molecule has 0 radical (unpaired) electrons. The zero-order chi connectivity index (χ0) is 26.2. The van der Waals surface area contributed by atoms with E-state index in [1.54, 1.807) is 25.3 Å². The molecule has 0 atom stereocenters. The number of nitrogens with zero attached hydrogens (tertiary/aromatic N) is 2. The molecule has 0 unspecified atom stereocenters. The minimum Gasteiger partial charge on any atom is -0.497 e. The molecule has 37 heavy (non-hydrogen) atoms. The summed E-state index contributed by atoms with van der Waals surface area (Å²) in [6.45, 7) is 0. The molecular formula is C29H24ClN3O3S. The maximum atomic E-state index is 12.6. The first-order chi connectivity index (χ1) is 18.0. The Hall–Kier alpha value is -3.99. The van der Waals surface area contributed by atoms with Gasteiger partial charge in [0.25, 0.3) is 0 Å². The van der Waals surface area contributed by atoms with Gasteiger partial charge < -0.3 is 14.8 Å². The van der Waals surface area contributed by atoms with Gasteiger partial charge in [-0.25, -0.2) is 4.98 Å². The molecular weight excluding hydrogens is 506 g/mol. The maximum Gasteiger partial charge on any atom is 0.225 e. The van der Waals surface area contributed by atoms with Crippen molar-refractivity contribution in [2.75, 3.05) is 25.3 Å². The molecule has 4 aromatic rings. The summed E-state index contributed by atoms with van der Waals surface area (Å²) >= 11 is 7.53. The lowest BCUT2D eigenvalue weighted by atomic mass is 9.99. The van der Waals surface area contributed by atoms with Crippen LogP contribution < -0.4 is 14.8 Å². The second kappa shape index (κ2) is 12.3. The van der Waals surface area contributed by atoms with Crippen molar-refractivity contribution < 1.29 is 14.3 Å². The van der Waals surface area contributed by atoms with E-state index in [1.165, 1.54) is 18.9 Å². The lowest BCUT2D eigenvalue weighted by Crippen LogP contribution is -2.12. The molecule has 4 rings (SSSR count). The number of carbonyl (C=O) groups excluding carboxylic acids is 1. The van der Waals surface area contributed by atoms with Crippen molar-refractivity contribution in [2.45, 2.75) is 11.4 Å². The van der Waals surface area contributed by atoms with Gasteiger partial charge in [-0.3, -0.25) is 4.79 Å². The molecule has 6 nitrogen and oxygen atoms in total. The fourth-order valence-corrected chi connectivity index (χ4v) is 4.90. The van der Waals surface area contributed by atoms with Crippen molar-refractivity contribution in [2.24, 2.45) is 0 Å². The van der Waals surface area contributed by atoms with E-state index in [1.807, 2.05) is 60.7 Å². The van der Waals surface area contributed by atoms with Gasteiger partial charge in [0.1, 0.15) is 22.6 Å². The second-order valence-corrected chi connectivity index (χ2v) is 9.43. The Labute approximate surface area is 225 Å². The number of methoxy groups -OCH3 is 2. The number of anilines is 1. The molecule has 0 bridgehead atoms. The Morgan fingerprint density at radius 3 is 2.41 bits per heavy atom. The number of hydrogen-bond donors (Lipinski definition) is 1. The highest BCUT2D eigenvalue weighted by Crippen LogP contribution is 2.35. The standard InChI is InChI=1S/C29H24ClN3O3S/c1-35-22-11-8-19(9-12-22)23-17-26(20-6-4-3-5-7-20)33-29(24(23)18-31)37-15-14-28(34)32-21-10-13-27(36-2)25(30)16-21/h3-13,16-17H,14-15H2,1-2H3,(H,32,34). The van der Waals surface area contributed by atoms with Crippen LogP contribution in [0, 0.1) is 11.3 Å². The van der Waals surface area contributed by atoms with Gasteiger partial charge in [-0.15, -0.1) is 11.8 Å². The van der Waals surface area contributed by atoms with Gasteiger partial charge >= 0.3 is 0 Å².